The van der Waals surface area contributed by atoms with Crippen molar-refractivity contribution in [2.24, 2.45) is 5.92 Å². The topological polar surface area (TPSA) is 82.3 Å². The molecule has 184 valence electrons. The van der Waals surface area contributed by atoms with Crippen molar-refractivity contribution >= 4 is 45.8 Å². The zero-order valence-electron chi connectivity index (χ0n) is 20.3. The lowest BCUT2D eigenvalue weighted by Gasteiger charge is -2.09. The molecule has 3 N–H and O–H groups in total. The summed E-state index contributed by atoms with van der Waals surface area (Å²) in [6.45, 7) is 10.4. The van der Waals surface area contributed by atoms with E-state index in [4.69, 9.17) is 0 Å². The van der Waals surface area contributed by atoms with Crippen molar-refractivity contribution in [2.75, 3.05) is 5.32 Å². The summed E-state index contributed by atoms with van der Waals surface area (Å²) < 4.78 is 13.7. The zero-order valence-corrected chi connectivity index (χ0v) is 21.1. The van der Waals surface area contributed by atoms with Gasteiger partial charge < -0.3 is 10.3 Å². The van der Waals surface area contributed by atoms with E-state index in [0.717, 1.165) is 77.3 Å². The Bertz CT molecular complexity index is 1790. The molecule has 0 aliphatic heterocycles. The fraction of sp³-hybridized carbons (Fsp3) is 0.138. The molecule has 5 aromatic rings. The van der Waals surface area contributed by atoms with Gasteiger partial charge in [-0.15, -0.1) is 11.3 Å². The molecule has 5 aromatic heterocycles. The van der Waals surface area contributed by atoms with Crippen molar-refractivity contribution < 1.29 is 4.39 Å². The minimum absolute atomic E-state index is 0.216. The molecule has 0 aromatic carbocycles. The largest absolute Gasteiger partial charge is 0.358 e. The third-order valence-electron chi connectivity index (χ3n) is 6.55. The number of aromatic nitrogens is 5. The maximum Gasteiger partial charge on any atom is 0.176 e. The molecule has 1 saturated carbocycles. The summed E-state index contributed by atoms with van der Waals surface area (Å²) >= 11 is 1.12. The van der Waals surface area contributed by atoms with Crippen LogP contribution >= 0.6 is 11.3 Å². The van der Waals surface area contributed by atoms with Gasteiger partial charge in [-0.2, -0.15) is 9.49 Å². The molecule has 6 nitrogen and oxygen atoms in total. The van der Waals surface area contributed by atoms with Crippen molar-refractivity contribution in [2.45, 2.75) is 19.8 Å². The van der Waals surface area contributed by atoms with Gasteiger partial charge in [-0.25, -0.2) is 4.98 Å². The van der Waals surface area contributed by atoms with Crippen LogP contribution < -0.4 is 15.9 Å². The average Bonchev–Trinajstić information content (AvgIpc) is 3.32. The normalized spacial score (nSPS) is 14.4. The molecular weight excluding hydrogens is 483 g/mol. The fourth-order valence-corrected chi connectivity index (χ4v) is 5.19. The van der Waals surface area contributed by atoms with Gasteiger partial charge in [0.25, 0.3) is 0 Å². The van der Waals surface area contributed by atoms with Crippen LogP contribution in [0.15, 0.2) is 67.8 Å². The quantitative estimate of drug-likeness (QED) is 0.258. The third kappa shape index (κ3) is 4.51. The van der Waals surface area contributed by atoms with E-state index in [1.807, 2.05) is 37.3 Å². The van der Waals surface area contributed by atoms with Gasteiger partial charge in [-0.3, -0.25) is 10.1 Å². The molecule has 1 aliphatic carbocycles. The molecule has 37 heavy (non-hydrogen) atoms. The molecule has 0 spiro atoms. The van der Waals surface area contributed by atoms with E-state index < -0.39 is 0 Å². The molecule has 6 rings (SSSR count). The predicted octanol–water partition coefficient (Wildman–Crippen LogP) is 5.85. The van der Waals surface area contributed by atoms with Gasteiger partial charge in [0.1, 0.15) is 11.3 Å². The molecule has 0 bridgehead atoms. The van der Waals surface area contributed by atoms with Crippen molar-refractivity contribution in [1.82, 2.24) is 25.1 Å². The van der Waals surface area contributed by atoms with Crippen LogP contribution in [0, 0.1) is 11.0 Å². The number of allylic oxidation sites excluding steroid dienone is 2. The van der Waals surface area contributed by atoms with Crippen LogP contribution in [0.3, 0.4) is 0 Å². The van der Waals surface area contributed by atoms with Crippen LogP contribution in [0.25, 0.3) is 50.6 Å². The molecule has 1 aliphatic rings. The van der Waals surface area contributed by atoms with Crippen molar-refractivity contribution in [3.63, 3.8) is 0 Å². The van der Waals surface area contributed by atoms with E-state index >= 15 is 0 Å². The molecule has 0 unspecified atom stereocenters. The first-order valence-electron chi connectivity index (χ1n) is 12.1. The van der Waals surface area contributed by atoms with Gasteiger partial charge in [0.2, 0.25) is 0 Å². The highest BCUT2D eigenvalue weighted by molar-refractivity contribution is 7.14. The Kier molecular flexibility index (Phi) is 5.81. The number of nitrogens with one attached hydrogen (secondary N) is 3. The minimum atomic E-state index is -0.216. The number of thiophene rings is 1. The third-order valence-corrected chi connectivity index (χ3v) is 7.46. The summed E-state index contributed by atoms with van der Waals surface area (Å²) in [4.78, 5) is 13.1. The highest BCUT2D eigenvalue weighted by Gasteiger charge is 2.24. The second-order valence-electron chi connectivity index (χ2n) is 9.15. The average molecular weight is 509 g/mol. The van der Waals surface area contributed by atoms with Crippen LogP contribution in [0.4, 0.5) is 10.1 Å². The summed E-state index contributed by atoms with van der Waals surface area (Å²) in [6.07, 6.45) is 11.7. The second kappa shape index (κ2) is 9.29. The van der Waals surface area contributed by atoms with Gasteiger partial charge in [-0.05, 0) is 67.7 Å². The first kappa shape index (κ1) is 23.1. The molecule has 0 atom stereocenters. The number of halogens is 1. The number of H-pyrrole nitrogens is 2. The Hall–Kier alpha value is -4.30. The molecule has 1 fully saturated rings. The Morgan fingerprint density at radius 2 is 2.05 bits per heavy atom. The van der Waals surface area contributed by atoms with Crippen molar-refractivity contribution in [3.05, 3.63) is 89.0 Å². The van der Waals surface area contributed by atoms with Gasteiger partial charge >= 0.3 is 0 Å². The van der Waals surface area contributed by atoms with Gasteiger partial charge in [0.15, 0.2) is 5.13 Å². The molecule has 5 heterocycles. The first-order chi connectivity index (χ1) is 18.0. The standard InChI is InChI=1S/C29H25FN6S/c1-4-24-23(11-16(2)19-12-20(15-31-14-19)33-17(3)18-5-6-18)28(36-35-24)25-13-22-21(9-10-32-29(22)34-25)26-7-8-27(30)37-26/h4,7-15,18,33,35H,2-3,5-6H2,1H3,(H,32,34)/b23-11+,24-4+. The predicted molar refractivity (Wildman–Crippen MR) is 150 cm³/mol. The summed E-state index contributed by atoms with van der Waals surface area (Å²) in [5.41, 5.74) is 6.85. The monoisotopic (exact) mass is 508 g/mol. The Balaban J connectivity index is 1.40. The Morgan fingerprint density at radius 1 is 1.19 bits per heavy atom. The number of hydrogen-bond acceptors (Lipinski definition) is 5. The van der Waals surface area contributed by atoms with Crippen LogP contribution in [0.2, 0.25) is 0 Å². The van der Waals surface area contributed by atoms with E-state index in [2.05, 4.69) is 43.6 Å². The number of hydrogen-bond donors (Lipinski definition) is 3. The number of aromatic amines is 2. The Labute approximate surface area is 217 Å². The molecule has 0 saturated heterocycles. The van der Waals surface area contributed by atoms with E-state index in [-0.39, 0.29) is 5.13 Å². The lowest BCUT2D eigenvalue weighted by atomic mass is 10.1. The van der Waals surface area contributed by atoms with Crippen LogP contribution in [0.1, 0.15) is 25.3 Å². The van der Waals surface area contributed by atoms with Crippen LogP contribution in [0.5, 0.6) is 0 Å². The van der Waals surface area contributed by atoms with Crippen LogP contribution in [-0.4, -0.2) is 25.1 Å². The molecule has 0 amide bonds. The SMILES string of the molecule is C=C(/C=c1/c(-c2cc3c(-c4ccc(F)s4)ccnc3[nH]2)n[nH]/c1=C/C)c1cncc(NC(=C)C2CC2)c1. The zero-order chi connectivity index (χ0) is 25.5. The maximum absolute atomic E-state index is 13.7. The highest BCUT2D eigenvalue weighted by Crippen LogP contribution is 2.36. The summed E-state index contributed by atoms with van der Waals surface area (Å²) in [7, 11) is 0. The van der Waals surface area contributed by atoms with E-state index in [9.17, 15) is 4.39 Å². The van der Waals surface area contributed by atoms with E-state index in [0.29, 0.717) is 5.92 Å². The molecular formula is C29H25FN6S. The van der Waals surface area contributed by atoms with Gasteiger partial charge in [0, 0.05) is 44.7 Å². The van der Waals surface area contributed by atoms with Gasteiger partial charge in [-0.1, -0.05) is 19.2 Å². The van der Waals surface area contributed by atoms with Crippen molar-refractivity contribution in [3.8, 4) is 21.8 Å². The smallest absolute Gasteiger partial charge is 0.176 e. The highest BCUT2D eigenvalue weighted by atomic mass is 32.1. The van der Waals surface area contributed by atoms with Gasteiger partial charge in [0.05, 0.1) is 22.9 Å². The van der Waals surface area contributed by atoms with E-state index in [1.165, 1.54) is 18.9 Å². The number of rotatable bonds is 7. The first-order valence-corrected chi connectivity index (χ1v) is 12.9. The Morgan fingerprint density at radius 3 is 2.81 bits per heavy atom. The minimum Gasteiger partial charge on any atom is -0.358 e. The maximum atomic E-state index is 13.7. The summed E-state index contributed by atoms with van der Waals surface area (Å²) in [5.74, 6) is 0.555. The lowest BCUT2D eigenvalue weighted by molar-refractivity contribution is 0.657. The fourth-order valence-electron chi connectivity index (χ4n) is 4.42. The number of anilines is 1. The molecule has 0 radical (unpaired) electrons. The number of nitrogens with zero attached hydrogens (tertiary/aromatic N) is 3. The summed E-state index contributed by atoms with van der Waals surface area (Å²) in [5, 5.41) is 13.6. The van der Waals surface area contributed by atoms with Crippen molar-refractivity contribution in [1.29, 1.82) is 0 Å². The second-order valence-corrected chi connectivity index (χ2v) is 10.2. The summed E-state index contributed by atoms with van der Waals surface area (Å²) in [6, 6.07) is 9.23. The number of fused-ring (bicyclic) bond motifs is 1. The number of pyridine rings is 2. The van der Waals surface area contributed by atoms with Crippen LogP contribution in [-0.2, 0) is 0 Å². The molecule has 8 heteroatoms. The van der Waals surface area contributed by atoms with E-state index in [1.54, 1.807) is 24.7 Å². The lowest BCUT2D eigenvalue weighted by Crippen LogP contribution is -2.23.